The molecule has 0 amide bonds. The van der Waals surface area contributed by atoms with Crippen molar-refractivity contribution in [3.8, 4) is 0 Å². The first-order valence-electron chi connectivity index (χ1n) is 8.22. The summed E-state index contributed by atoms with van der Waals surface area (Å²) >= 11 is 0. The van der Waals surface area contributed by atoms with Crippen molar-refractivity contribution in [3.63, 3.8) is 0 Å². The van der Waals surface area contributed by atoms with Gasteiger partial charge in [-0.1, -0.05) is 32.8 Å². The average molecular weight is 292 g/mol. The van der Waals surface area contributed by atoms with E-state index in [0.29, 0.717) is 5.41 Å². The van der Waals surface area contributed by atoms with Crippen molar-refractivity contribution in [3.05, 3.63) is 30.1 Å². The molecule has 0 aliphatic heterocycles. The van der Waals surface area contributed by atoms with Crippen LogP contribution in [0.15, 0.2) is 24.3 Å². The molecule has 2 unspecified atom stereocenters. The van der Waals surface area contributed by atoms with E-state index in [-0.39, 0.29) is 5.82 Å². The van der Waals surface area contributed by atoms with Crippen molar-refractivity contribution >= 4 is 5.69 Å². The summed E-state index contributed by atoms with van der Waals surface area (Å²) in [6, 6.07) is 6.93. The van der Waals surface area contributed by atoms with E-state index in [9.17, 15) is 4.39 Å². The molecule has 0 aromatic heterocycles. The molecular formula is C18H29FN2. The molecule has 1 saturated carbocycles. The van der Waals surface area contributed by atoms with Crippen molar-refractivity contribution in [1.82, 2.24) is 5.32 Å². The summed E-state index contributed by atoms with van der Waals surface area (Å²) in [6.07, 6.45) is 5.19. The Labute approximate surface area is 128 Å². The normalized spacial score (nSPS) is 25.8. The van der Waals surface area contributed by atoms with E-state index >= 15 is 0 Å². The molecule has 118 valence electrons. The maximum Gasteiger partial charge on any atom is 0.125 e. The molecule has 0 radical (unpaired) electrons. The van der Waals surface area contributed by atoms with Gasteiger partial charge in [-0.25, -0.2) is 4.39 Å². The molecule has 1 aromatic rings. The van der Waals surface area contributed by atoms with Crippen LogP contribution in [0.25, 0.3) is 0 Å². The van der Waals surface area contributed by atoms with Gasteiger partial charge in [-0.15, -0.1) is 0 Å². The van der Waals surface area contributed by atoms with Crippen LogP contribution in [0.5, 0.6) is 0 Å². The largest absolute Gasteiger partial charge is 0.374 e. The Morgan fingerprint density at radius 1 is 1.43 bits per heavy atom. The predicted molar refractivity (Wildman–Crippen MR) is 88.3 cm³/mol. The Morgan fingerprint density at radius 3 is 2.90 bits per heavy atom. The summed E-state index contributed by atoms with van der Waals surface area (Å²) in [7, 11) is 2.09. The van der Waals surface area contributed by atoms with E-state index in [4.69, 9.17) is 0 Å². The van der Waals surface area contributed by atoms with Crippen molar-refractivity contribution in [2.24, 2.45) is 11.3 Å². The SMILES string of the molecule is CCNCC1(CN(C)c2cccc(F)c2)CCCC(C)C1. The van der Waals surface area contributed by atoms with Crippen LogP contribution in [0.4, 0.5) is 10.1 Å². The maximum absolute atomic E-state index is 13.4. The van der Waals surface area contributed by atoms with Gasteiger partial charge in [0.25, 0.3) is 0 Å². The summed E-state index contributed by atoms with van der Waals surface area (Å²) in [6.45, 7) is 7.60. The van der Waals surface area contributed by atoms with Gasteiger partial charge >= 0.3 is 0 Å². The molecule has 21 heavy (non-hydrogen) atoms. The molecule has 0 spiro atoms. The Bertz CT molecular complexity index is 449. The molecule has 1 N–H and O–H groups in total. The van der Waals surface area contributed by atoms with Gasteiger partial charge in [0.05, 0.1) is 0 Å². The zero-order chi connectivity index (χ0) is 15.3. The highest BCUT2D eigenvalue weighted by Gasteiger charge is 2.35. The number of benzene rings is 1. The molecule has 1 aliphatic rings. The van der Waals surface area contributed by atoms with Gasteiger partial charge in [0.1, 0.15) is 5.82 Å². The molecule has 0 saturated heterocycles. The molecular weight excluding hydrogens is 263 g/mol. The van der Waals surface area contributed by atoms with E-state index in [1.54, 1.807) is 12.1 Å². The fourth-order valence-corrected chi connectivity index (χ4v) is 3.83. The third kappa shape index (κ3) is 4.44. The lowest BCUT2D eigenvalue weighted by Crippen LogP contribution is -2.45. The van der Waals surface area contributed by atoms with E-state index in [1.165, 1.54) is 31.7 Å². The predicted octanol–water partition coefficient (Wildman–Crippen LogP) is 4.07. The van der Waals surface area contributed by atoms with Crippen LogP contribution >= 0.6 is 0 Å². The van der Waals surface area contributed by atoms with E-state index in [1.807, 2.05) is 6.07 Å². The first-order valence-corrected chi connectivity index (χ1v) is 8.22. The van der Waals surface area contributed by atoms with Gasteiger partial charge in [-0.2, -0.15) is 0 Å². The van der Waals surface area contributed by atoms with Gasteiger partial charge in [-0.3, -0.25) is 0 Å². The smallest absolute Gasteiger partial charge is 0.125 e. The van der Waals surface area contributed by atoms with E-state index in [0.717, 1.165) is 31.2 Å². The molecule has 3 heteroatoms. The van der Waals surface area contributed by atoms with Crippen molar-refractivity contribution in [2.45, 2.75) is 39.5 Å². The third-order valence-corrected chi connectivity index (χ3v) is 4.76. The number of nitrogens with zero attached hydrogens (tertiary/aromatic N) is 1. The lowest BCUT2D eigenvalue weighted by atomic mass is 9.69. The molecule has 2 atom stereocenters. The minimum Gasteiger partial charge on any atom is -0.374 e. The molecule has 2 nitrogen and oxygen atoms in total. The molecule has 2 rings (SSSR count). The maximum atomic E-state index is 13.4. The zero-order valence-corrected chi connectivity index (χ0v) is 13.7. The van der Waals surface area contributed by atoms with Gasteiger partial charge in [0.2, 0.25) is 0 Å². The van der Waals surface area contributed by atoms with Gasteiger partial charge < -0.3 is 10.2 Å². The van der Waals surface area contributed by atoms with Gasteiger partial charge in [0, 0.05) is 31.2 Å². The molecule has 0 bridgehead atoms. The number of halogens is 1. The van der Waals surface area contributed by atoms with Gasteiger partial charge in [0.15, 0.2) is 0 Å². The van der Waals surface area contributed by atoms with Crippen LogP contribution in [0.1, 0.15) is 39.5 Å². The van der Waals surface area contributed by atoms with Crippen LogP contribution in [-0.4, -0.2) is 26.7 Å². The molecule has 1 fully saturated rings. The zero-order valence-electron chi connectivity index (χ0n) is 13.7. The first kappa shape index (κ1) is 16.3. The van der Waals surface area contributed by atoms with Crippen LogP contribution in [0.2, 0.25) is 0 Å². The minimum absolute atomic E-state index is 0.155. The van der Waals surface area contributed by atoms with Crippen molar-refractivity contribution in [1.29, 1.82) is 0 Å². The number of hydrogen-bond acceptors (Lipinski definition) is 2. The topological polar surface area (TPSA) is 15.3 Å². The summed E-state index contributed by atoms with van der Waals surface area (Å²) in [5.74, 6) is 0.635. The average Bonchev–Trinajstić information content (AvgIpc) is 2.45. The number of anilines is 1. The van der Waals surface area contributed by atoms with Gasteiger partial charge in [-0.05, 0) is 43.5 Å². The number of nitrogens with one attached hydrogen (secondary N) is 1. The van der Waals surface area contributed by atoms with E-state index in [2.05, 4.69) is 31.1 Å². The molecule has 1 aliphatic carbocycles. The number of hydrogen-bond donors (Lipinski definition) is 1. The van der Waals surface area contributed by atoms with Crippen molar-refractivity contribution in [2.75, 3.05) is 31.6 Å². The second-order valence-corrected chi connectivity index (χ2v) is 6.82. The standard InChI is InChI=1S/C18H29FN2/c1-4-20-13-18(10-6-7-15(2)12-18)14-21(3)17-9-5-8-16(19)11-17/h5,8-9,11,15,20H,4,6-7,10,12-14H2,1-3H3. The third-order valence-electron chi connectivity index (χ3n) is 4.76. The quantitative estimate of drug-likeness (QED) is 0.850. The Balaban J connectivity index is 2.10. The highest BCUT2D eigenvalue weighted by atomic mass is 19.1. The fraction of sp³-hybridized carbons (Fsp3) is 0.667. The second kappa shape index (κ2) is 7.26. The summed E-state index contributed by atoms with van der Waals surface area (Å²) in [5, 5.41) is 3.55. The van der Waals surface area contributed by atoms with Crippen LogP contribution in [-0.2, 0) is 0 Å². The van der Waals surface area contributed by atoms with Crippen LogP contribution < -0.4 is 10.2 Å². The first-order chi connectivity index (χ1) is 10.0. The summed E-state index contributed by atoms with van der Waals surface area (Å²) in [5.41, 5.74) is 1.29. The van der Waals surface area contributed by atoms with Crippen LogP contribution in [0, 0.1) is 17.2 Å². The number of rotatable bonds is 6. The lowest BCUT2D eigenvalue weighted by molar-refractivity contribution is 0.149. The summed E-state index contributed by atoms with van der Waals surface area (Å²) in [4.78, 5) is 2.22. The summed E-state index contributed by atoms with van der Waals surface area (Å²) < 4.78 is 13.4. The van der Waals surface area contributed by atoms with Crippen molar-refractivity contribution < 1.29 is 4.39 Å². The monoisotopic (exact) mass is 292 g/mol. The Kier molecular flexibility index (Phi) is 5.63. The second-order valence-electron chi connectivity index (χ2n) is 6.82. The molecule has 1 aromatic carbocycles. The lowest BCUT2D eigenvalue weighted by Gasteiger charge is -2.43. The Hall–Kier alpha value is -1.09. The highest BCUT2D eigenvalue weighted by molar-refractivity contribution is 5.45. The highest BCUT2D eigenvalue weighted by Crippen LogP contribution is 2.40. The molecule has 0 heterocycles. The van der Waals surface area contributed by atoms with E-state index < -0.39 is 0 Å². The fourth-order valence-electron chi connectivity index (χ4n) is 3.83. The Morgan fingerprint density at radius 2 is 2.24 bits per heavy atom. The van der Waals surface area contributed by atoms with Crippen LogP contribution in [0.3, 0.4) is 0 Å². The minimum atomic E-state index is -0.155.